The highest BCUT2D eigenvalue weighted by Crippen LogP contribution is 2.59. The Morgan fingerprint density at radius 1 is 0.917 bits per heavy atom. The molecule has 2 nitrogen and oxygen atoms in total. The molecule has 2 heteroatoms. The van der Waals surface area contributed by atoms with Crippen LogP contribution in [0.3, 0.4) is 0 Å². The van der Waals surface area contributed by atoms with Gasteiger partial charge in [0.25, 0.3) is 0 Å². The summed E-state index contributed by atoms with van der Waals surface area (Å²) in [7, 11) is 0. The van der Waals surface area contributed by atoms with Crippen molar-refractivity contribution in [1.82, 2.24) is 0 Å². The minimum absolute atomic E-state index is 0.0845. The van der Waals surface area contributed by atoms with Crippen molar-refractivity contribution in [1.29, 1.82) is 0 Å². The second-order valence-corrected chi connectivity index (χ2v) is 4.09. The second-order valence-electron chi connectivity index (χ2n) is 4.09. The number of hydrogen-bond donors (Lipinski definition) is 0. The van der Waals surface area contributed by atoms with Gasteiger partial charge in [-0.25, -0.2) is 0 Å². The molecule has 0 saturated heterocycles. The Labute approximate surface area is 70.6 Å². The van der Waals surface area contributed by atoms with Gasteiger partial charge in [0.15, 0.2) is 11.6 Å². The molecule has 0 aliphatic heterocycles. The Balaban J connectivity index is 1.99. The summed E-state index contributed by atoms with van der Waals surface area (Å²) < 4.78 is 0. The standard InChI is InChI=1S/C10H10O2/c11-7-3-4-8(12)10-6-2-1-5(6)9(7)10/h3-6,9-10H,1-2H2. The maximum atomic E-state index is 11.4. The minimum atomic E-state index is 0.0845. The highest BCUT2D eigenvalue weighted by molar-refractivity contribution is 6.08. The second kappa shape index (κ2) is 1.87. The smallest absolute Gasteiger partial charge is 0.159 e. The maximum Gasteiger partial charge on any atom is 0.159 e. The van der Waals surface area contributed by atoms with Crippen molar-refractivity contribution < 1.29 is 9.59 Å². The molecule has 0 aromatic carbocycles. The van der Waals surface area contributed by atoms with Crippen LogP contribution in [0.4, 0.5) is 0 Å². The predicted molar refractivity (Wildman–Crippen MR) is 42.3 cm³/mol. The summed E-state index contributed by atoms with van der Waals surface area (Å²) >= 11 is 0. The number of carbonyl (C=O) groups is 2. The van der Waals surface area contributed by atoms with E-state index in [9.17, 15) is 9.59 Å². The number of rotatable bonds is 0. The van der Waals surface area contributed by atoms with Gasteiger partial charge in [-0.1, -0.05) is 0 Å². The molecule has 0 N–H and O–H groups in total. The van der Waals surface area contributed by atoms with E-state index in [0.717, 1.165) is 0 Å². The third-order valence-electron chi connectivity index (χ3n) is 3.76. The third-order valence-corrected chi connectivity index (χ3v) is 3.76. The van der Waals surface area contributed by atoms with Crippen molar-refractivity contribution in [3.05, 3.63) is 12.2 Å². The highest BCUT2D eigenvalue weighted by atomic mass is 16.1. The summed E-state index contributed by atoms with van der Waals surface area (Å²) in [6.45, 7) is 0. The Bertz CT molecular complexity index is 273. The number of ketones is 2. The van der Waals surface area contributed by atoms with E-state index in [1.54, 1.807) is 0 Å². The fourth-order valence-corrected chi connectivity index (χ4v) is 2.99. The Morgan fingerprint density at radius 3 is 1.67 bits per heavy atom. The lowest BCUT2D eigenvalue weighted by Gasteiger charge is -2.58. The molecule has 0 amide bonds. The van der Waals surface area contributed by atoms with Crippen LogP contribution in [0.5, 0.6) is 0 Å². The van der Waals surface area contributed by atoms with E-state index in [0.29, 0.717) is 11.8 Å². The SMILES string of the molecule is O=C1C=CC(=O)C2C3CCC3C12. The van der Waals surface area contributed by atoms with Crippen LogP contribution in [0.2, 0.25) is 0 Å². The molecule has 0 bridgehead atoms. The average molecular weight is 162 g/mol. The van der Waals surface area contributed by atoms with Gasteiger partial charge < -0.3 is 0 Å². The van der Waals surface area contributed by atoms with Crippen LogP contribution in [0.25, 0.3) is 0 Å². The van der Waals surface area contributed by atoms with E-state index in [4.69, 9.17) is 0 Å². The fraction of sp³-hybridized carbons (Fsp3) is 0.600. The van der Waals surface area contributed by atoms with Gasteiger partial charge in [-0.05, 0) is 36.8 Å². The average Bonchev–Trinajstić information content (AvgIpc) is 2.01. The molecule has 2 fully saturated rings. The lowest BCUT2D eigenvalue weighted by atomic mass is 9.44. The first-order valence-corrected chi connectivity index (χ1v) is 4.55. The summed E-state index contributed by atoms with van der Waals surface area (Å²) in [6.07, 6.45) is 5.27. The van der Waals surface area contributed by atoms with Gasteiger partial charge in [0.05, 0.1) is 0 Å². The van der Waals surface area contributed by atoms with Crippen LogP contribution in [0, 0.1) is 23.7 Å². The molecule has 0 heterocycles. The van der Waals surface area contributed by atoms with Crippen molar-refractivity contribution in [2.75, 3.05) is 0 Å². The molecule has 62 valence electrons. The lowest BCUT2D eigenvalue weighted by Crippen LogP contribution is -2.59. The first kappa shape index (κ1) is 6.58. The van der Waals surface area contributed by atoms with Crippen molar-refractivity contribution in [3.8, 4) is 0 Å². The Kier molecular flexibility index (Phi) is 1.03. The molecule has 12 heavy (non-hydrogen) atoms. The predicted octanol–water partition coefficient (Wildman–Crippen LogP) is 0.967. The van der Waals surface area contributed by atoms with Crippen LogP contribution >= 0.6 is 0 Å². The molecule has 0 spiro atoms. The van der Waals surface area contributed by atoms with Crippen molar-refractivity contribution in [2.45, 2.75) is 12.8 Å². The molecule has 0 aromatic heterocycles. The molecule has 0 aromatic rings. The Hall–Kier alpha value is -0.920. The first-order valence-electron chi connectivity index (χ1n) is 4.55. The van der Waals surface area contributed by atoms with E-state index in [2.05, 4.69) is 0 Å². The molecule has 3 aliphatic carbocycles. The molecule has 2 saturated carbocycles. The summed E-state index contributed by atoms with van der Waals surface area (Å²) in [5.41, 5.74) is 0. The molecule has 4 unspecified atom stereocenters. The normalized spacial score (nSPS) is 49.0. The van der Waals surface area contributed by atoms with E-state index < -0.39 is 0 Å². The van der Waals surface area contributed by atoms with Crippen molar-refractivity contribution in [2.24, 2.45) is 23.7 Å². The van der Waals surface area contributed by atoms with Gasteiger partial charge in [-0.3, -0.25) is 9.59 Å². The van der Waals surface area contributed by atoms with Crippen LogP contribution in [0.1, 0.15) is 12.8 Å². The van der Waals surface area contributed by atoms with E-state index in [-0.39, 0.29) is 23.4 Å². The van der Waals surface area contributed by atoms with Crippen LogP contribution < -0.4 is 0 Å². The van der Waals surface area contributed by atoms with Crippen LogP contribution in [-0.4, -0.2) is 11.6 Å². The summed E-state index contributed by atoms with van der Waals surface area (Å²) in [6, 6.07) is 0. The Morgan fingerprint density at radius 2 is 1.33 bits per heavy atom. The molecule has 3 rings (SSSR count). The lowest BCUT2D eigenvalue weighted by molar-refractivity contribution is -0.160. The largest absolute Gasteiger partial charge is 0.295 e. The fourth-order valence-electron chi connectivity index (χ4n) is 2.99. The van der Waals surface area contributed by atoms with Gasteiger partial charge >= 0.3 is 0 Å². The topological polar surface area (TPSA) is 34.1 Å². The van der Waals surface area contributed by atoms with Gasteiger partial charge in [0.2, 0.25) is 0 Å². The highest BCUT2D eigenvalue weighted by Gasteiger charge is 2.60. The monoisotopic (exact) mass is 162 g/mol. The van der Waals surface area contributed by atoms with Crippen LogP contribution in [-0.2, 0) is 9.59 Å². The maximum absolute atomic E-state index is 11.4. The summed E-state index contributed by atoms with van der Waals surface area (Å²) in [5, 5.41) is 0. The van der Waals surface area contributed by atoms with E-state index in [1.807, 2.05) is 0 Å². The van der Waals surface area contributed by atoms with E-state index >= 15 is 0 Å². The number of allylic oxidation sites excluding steroid dienone is 2. The van der Waals surface area contributed by atoms with Crippen LogP contribution in [0.15, 0.2) is 12.2 Å². The molecular formula is C10H10O2. The van der Waals surface area contributed by atoms with Crippen molar-refractivity contribution >= 4 is 11.6 Å². The third kappa shape index (κ3) is 0.542. The number of fused-ring (bicyclic) bond motifs is 4. The number of hydrogen-bond acceptors (Lipinski definition) is 2. The van der Waals surface area contributed by atoms with Gasteiger partial charge in [0, 0.05) is 11.8 Å². The molecule has 0 radical (unpaired) electrons. The summed E-state index contributed by atoms with van der Waals surface area (Å²) in [4.78, 5) is 22.7. The minimum Gasteiger partial charge on any atom is -0.295 e. The van der Waals surface area contributed by atoms with Gasteiger partial charge in [-0.2, -0.15) is 0 Å². The van der Waals surface area contributed by atoms with Gasteiger partial charge in [0.1, 0.15) is 0 Å². The zero-order valence-corrected chi connectivity index (χ0v) is 6.69. The summed E-state index contributed by atoms with van der Waals surface area (Å²) in [5.74, 6) is 1.69. The van der Waals surface area contributed by atoms with Gasteiger partial charge in [-0.15, -0.1) is 0 Å². The van der Waals surface area contributed by atoms with Crippen molar-refractivity contribution in [3.63, 3.8) is 0 Å². The van der Waals surface area contributed by atoms with E-state index in [1.165, 1.54) is 25.0 Å². The number of carbonyl (C=O) groups excluding carboxylic acids is 2. The first-order chi connectivity index (χ1) is 5.79. The molecule has 3 aliphatic rings. The quantitative estimate of drug-likeness (QED) is 0.531. The molecular weight excluding hydrogens is 152 g/mol. The zero-order valence-electron chi connectivity index (χ0n) is 6.69. The zero-order chi connectivity index (χ0) is 8.29. The molecule has 4 atom stereocenters.